The van der Waals surface area contributed by atoms with Crippen molar-refractivity contribution in [2.45, 2.75) is 19.8 Å². The van der Waals surface area contributed by atoms with E-state index in [1.807, 2.05) is 12.1 Å². The fourth-order valence-corrected chi connectivity index (χ4v) is 1.94. The third-order valence-corrected chi connectivity index (χ3v) is 3.20. The van der Waals surface area contributed by atoms with Crippen molar-refractivity contribution in [2.75, 3.05) is 5.73 Å². The highest BCUT2D eigenvalue weighted by atomic mass is 19.2. The summed E-state index contributed by atoms with van der Waals surface area (Å²) in [5.41, 5.74) is 7.14. The Morgan fingerprint density at radius 2 is 1.70 bits per heavy atom. The van der Waals surface area contributed by atoms with Crippen LogP contribution in [0.4, 0.5) is 14.5 Å². The Kier molecular flexibility index (Phi) is 4.13. The number of carbonyl (C=O) groups is 1. The van der Waals surface area contributed by atoms with Gasteiger partial charge < -0.3 is 5.73 Å². The van der Waals surface area contributed by atoms with Crippen molar-refractivity contribution >= 4 is 11.5 Å². The van der Waals surface area contributed by atoms with Crippen molar-refractivity contribution in [3.05, 3.63) is 64.7 Å². The molecule has 0 fully saturated rings. The zero-order valence-electron chi connectivity index (χ0n) is 11.1. The normalized spacial score (nSPS) is 10.6. The summed E-state index contributed by atoms with van der Waals surface area (Å²) in [4.78, 5) is 11.9. The van der Waals surface area contributed by atoms with Crippen LogP contribution in [-0.2, 0) is 6.42 Å². The Bertz CT molecular complexity index is 636. The van der Waals surface area contributed by atoms with Gasteiger partial charge in [-0.3, -0.25) is 4.79 Å². The minimum atomic E-state index is -1.06. The first-order valence-corrected chi connectivity index (χ1v) is 6.31. The fourth-order valence-electron chi connectivity index (χ4n) is 1.94. The molecule has 0 heterocycles. The minimum absolute atomic E-state index is 0.128. The van der Waals surface area contributed by atoms with E-state index in [4.69, 9.17) is 5.73 Å². The third kappa shape index (κ3) is 3.02. The summed E-state index contributed by atoms with van der Waals surface area (Å²) in [7, 11) is 0. The van der Waals surface area contributed by atoms with Gasteiger partial charge in [-0.15, -0.1) is 0 Å². The Morgan fingerprint density at radius 3 is 2.35 bits per heavy atom. The zero-order valence-corrected chi connectivity index (χ0v) is 11.1. The Balaban J connectivity index is 2.09. The molecule has 0 saturated heterocycles. The quantitative estimate of drug-likeness (QED) is 0.683. The van der Waals surface area contributed by atoms with Gasteiger partial charge >= 0.3 is 0 Å². The second kappa shape index (κ2) is 5.82. The average molecular weight is 275 g/mol. The number of nitrogen functional groups attached to an aromatic ring is 1. The van der Waals surface area contributed by atoms with Crippen LogP contribution >= 0.6 is 0 Å². The molecule has 0 bridgehead atoms. The summed E-state index contributed by atoms with van der Waals surface area (Å²) < 4.78 is 27.1. The summed E-state index contributed by atoms with van der Waals surface area (Å²) in [5.74, 6) is -2.42. The number of benzene rings is 2. The van der Waals surface area contributed by atoms with Crippen LogP contribution in [0.15, 0.2) is 36.4 Å². The summed E-state index contributed by atoms with van der Waals surface area (Å²) in [5, 5.41) is 0. The Labute approximate surface area is 116 Å². The first-order chi connectivity index (χ1) is 9.49. The number of ketones is 1. The molecule has 2 rings (SSSR count). The number of aryl methyl sites for hydroxylation is 2. The van der Waals surface area contributed by atoms with Crippen molar-refractivity contribution in [1.29, 1.82) is 0 Å². The van der Waals surface area contributed by atoms with Crippen LogP contribution < -0.4 is 5.73 Å². The second-order valence-electron chi connectivity index (χ2n) is 4.72. The number of hydrogen-bond donors (Lipinski definition) is 1. The van der Waals surface area contributed by atoms with Gasteiger partial charge in [0.25, 0.3) is 0 Å². The van der Waals surface area contributed by atoms with Gasteiger partial charge in [-0.2, -0.15) is 0 Å². The van der Waals surface area contributed by atoms with Crippen molar-refractivity contribution in [2.24, 2.45) is 0 Å². The monoisotopic (exact) mass is 275 g/mol. The van der Waals surface area contributed by atoms with E-state index in [9.17, 15) is 13.6 Å². The predicted molar refractivity (Wildman–Crippen MR) is 74.6 cm³/mol. The van der Waals surface area contributed by atoms with Crippen molar-refractivity contribution in [1.82, 2.24) is 0 Å². The molecule has 2 aromatic carbocycles. The van der Waals surface area contributed by atoms with Gasteiger partial charge in [0, 0.05) is 12.1 Å². The lowest BCUT2D eigenvalue weighted by atomic mass is 10.0. The van der Waals surface area contributed by atoms with Crippen LogP contribution in [0.2, 0.25) is 0 Å². The van der Waals surface area contributed by atoms with Crippen LogP contribution in [0.1, 0.15) is 27.9 Å². The standard InChI is InChI=1S/C16H15F2NO/c1-10-2-8-13(16(18)15(10)17)14(20)9-5-11-3-6-12(19)7-4-11/h2-4,6-8H,5,9,19H2,1H3. The van der Waals surface area contributed by atoms with Gasteiger partial charge in [-0.05, 0) is 42.7 Å². The van der Waals surface area contributed by atoms with Gasteiger partial charge in [0.2, 0.25) is 0 Å². The summed E-state index contributed by atoms with van der Waals surface area (Å²) in [6.07, 6.45) is 0.595. The summed E-state index contributed by atoms with van der Waals surface area (Å²) in [6.45, 7) is 1.46. The molecule has 2 aromatic rings. The molecular formula is C16H15F2NO. The van der Waals surface area contributed by atoms with E-state index in [0.717, 1.165) is 5.56 Å². The van der Waals surface area contributed by atoms with Crippen LogP contribution in [0.25, 0.3) is 0 Å². The Hall–Kier alpha value is -2.23. The third-order valence-electron chi connectivity index (χ3n) is 3.20. The van der Waals surface area contributed by atoms with Crippen LogP contribution in [0.3, 0.4) is 0 Å². The highest BCUT2D eigenvalue weighted by Crippen LogP contribution is 2.18. The molecule has 0 spiro atoms. The van der Waals surface area contributed by atoms with E-state index in [0.29, 0.717) is 12.1 Å². The number of carbonyl (C=O) groups excluding carboxylic acids is 1. The zero-order chi connectivity index (χ0) is 14.7. The topological polar surface area (TPSA) is 43.1 Å². The van der Waals surface area contributed by atoms with Crippen LogP contribution in [-0.4, -0.2) is 5.78 Å². The number of rotatable bonds is 4. The smallest absolute Gasteiger partial charge is 0.169 e. The molecule has 0 aliphatic rings. The highest BCUT2D eigenvalue weighted by molar-refractivity contribution is 5.96. The predicted octanol–water partition coefficient (Wildman–Crippen LogP) is 3.67. The first-order valence-electron chi connectivity index (χ1n) is 6.31. The molecule has 104 valence electrons. The lowest BCUT2D eigenvalue weighted by Gasteiger charge is -2.06. The van der Waals surface area contributed by atoms with E-state index in [1.54, 1.807) is 12.1 Å². The van der Waals surface area contributed by atoms with Crippen molar-refractivity contribution in [3.8, 4) is 0 Å². The largest absolute Gasteiger partial charge is 0.399 e. The van der Waals surface area contributed by atoms with E-state index >= 15 is 0 Å². The molecule has 0 radical (unpaired) electrons. The van der Waals surface area contributed by atoms with Gasteiger partial charge in [-0.1, -0.05) is 18.2 Å². The molecule has 0 aromatic heterocycles. The fraction of sp³-hybridized carbons (Fsp3) is 0.188. The number of anilines is 1. The molecule has 2 nitrogen and oxygen atoms in total. The molecule has 2 N–H and O–H groups in total. The van der Waals surface area contributed by atoms with Crippen LogP contribution in [0.5, 0.6) is 0 Å². The van der Waals surface area contributed by atoms with Gasteiger partial charge in [0.05, 0.1) is 5.56 Å². The van der Waals surface area contributed by atoms with E-state index in [1.165, 1.54) is 19.1 Å². The maximum atomic E-state index is 13.7. The van der Waals surface area contributed by atoms with Gasteiger partial charge in [-0.25, -0.2) is 8.78 Å². The van der Waals surface area contributed by atoms with Crippen molar-refractivity contribution < 1.29 is 13.6 Å². The molecule has 0 amide bonds. The maximum Gasteiger partial charge on any atom is 0.169 e. The summed E-state index contributed by atoms with van der Waals surface area (Å²) >= 11 is 0. The summed E-state index contributed by atoms with van der Waals surface area (Å²) in [6, 6.07) is 9.86. The van der Waals surface area contributed by atoms with Crippen LogP contribution in [0, 0.1) is 18.6 Å². The first kappa shape index (κ1) is 14.2. The van der Waals surface area contributed by atoms with E-state index in [2.05, 4.69) is 0 Å². The van der Waals surface area contributed by atoms with Gasteiger partial charge in [0.1, 0.15) is 0 Å². The number of Topliss-reactive ketones (excluding diaryl/α,β-unsaturated/α-hetero) is 1. The molecular weight excluding hydrogens is 260 g/mol. The van der Waals surface area contributed by atoms with Gasteiger partial charge in [0.15, 0.2) is 17.4 Å². The lowest BCUT2D eigenvalue weighted by molar-refractivity contribution is 0.0978. The molecule has 4 heteroatoms. The van der Waals surface area contributed by atoms with Crippen molar-refractivity contribution in [3.63, 3.8) is 0 Å². The second-order valence-corrected chi connectivity index (χ2v) is 4.72. The minimum Gasteiger partial charge on any atom is -0.399 e. The number of nitrogens with two attached hydrogens (primary N) is 1. The molecule has 0 aliphatic heterocycles. The molecule has 0 unspecified atom stereocenters. The molecule has 0 saturated carbocycles. The molecule has 0 atom stereocenters. The average Bonchev–Trinajstić information content (AvgIpc) is 2.44. The maximum absolute atomic E-state index is 13.7. The highest BCUT2D eigenvalue weighted by Gasteiger charge is 2.16. The Morgan fingerprint density at radius 1 is 1.05 bits per heavy atom. The number of hydrogen-bond acceptors (Lipinski definition) is 2. The molecule has 20 heavy (non-hydrogen) atoms. The molecule has 0 aliphatic carbocycles. The van der Waals surface area contributed by atoms with E-state index in [-0.39, 0.29) is 17.5 Å². The van der Waals surface area contributed by atoms with E-state index < -0.39 is 17.4 Å². The lowest BCUT2D eigenvalue weighted by Crippen LogP contribution is -2.06. The SMILES string of the molecule is Cc1ccc(C(=O)CCc2ccc(N)cc2)c(F)c1F. The number of halogens is 2.